The van der Waals surface area contributed by atoms with Gasteiger partial charge in [-0.15, -0.1) is 11.8 Å². The monoisotopic (exact) mass is 369 g/mol. The van der Waals surface area contributed by atoms with E-state index in [-0.39, 0.29) is 11.9 Å². The molecule has 0 saturated carbocycles. The van der Waals surface area contributed by atoms with E-state index in [1.165, 1.54) is 0 Å². The lowest BCUT2D eigenvalue weighted by Crippen LogP contribution is -2.32. The summed E-state index contributed by atoms with van der Waals surface area (Å²) in [4.78, 5) is 14.0. The Kier molecular flexibility index (Phi) is 5.46. The van der Waals surface area contributed by atoms with Crippen molar-refractivity contribution in [2.24, 2.45) is 0 Å². The molecule has 2 aliphatic heterocycles. The van der Waals surface area contributed by atoms with Gasteiger partial charge in [0, 0.05) is 29.2 Å². The van der Waals surface area contributed by atoms with Crippen LogP contribution < -0.4 is 10.1 Å². The van der Waals surface area contributed by atoms with Crippen LogP contribution in [0.15, 0.2) is 53.4 Å². The molecule has 0 radical (unpaired) electrons. The molecular formula is C21H23NO3S. The number of rotatable bonds is 5. The highest BCUT2D eigenvalue weighted by Gasteiger charge is 2.24. The Morgan fingerprint density at radius 1 is 1.08 bits per heavy atom. The van der Waals surface area contributed by atoms with E-state index in [1.54, 1.807) is 11.8 Å². The van der Waals surface area contributed by atoms with E-state index < -0.39 is 0 Å². The van der Waals surface area contributed by atoms with Gasteiger partial charge in [0.1, 0.15) is 5.75 Å². The molecule has 0 spiro atoms. The molecule has 2 aliphatic rings. The number of fused-ring (bicyclic) bond motifs is 1. The van der Waals surface area contributed by atoms with E-state index in [4.69, 9.17) is 9.47 Å². The lowest BCUT2D eigenvalue weighted by atomic mass is 10.00. The van der Waals surface area contributed by atoms with Gasteiger partial charge in [0.05, 0.1) is 24.3 Å². The summed E-state index contributed by atoms with van der Waals surface area (Å²) in [5, 5.41) is 3.20. The molecule has 1 N–H and O–H groups in total. The Labute approximate surface area is 158 Å². The topological polar surface area (TPSA) is 47.6 Å². The molecule has 1 amide bonds. The Hall–Kier alpha value is -1.98. The average molecular weight is 369 g/mol. The minimum Gasteiger partial charge on any atom is -0.493 e. The molecule has 0 aromatic heterocycles. The van der Waals surface area contributed by atoms with E-state index in [9.17, 15) is 4.79 Å². The molecule has 2 unspecified atom stereocenters. The fraction of sp³-hybridized carbons (Fsp3) is 0.381. The third-order valence-electron chi connectivity index (χ3n) is 4.84. The van der Waals surface area contributed by atoms with Gasteiger partial charge in [-0.1, -0.05) is 30.3 Å². The summed E-state index contributed by atoms with van der Waals surface area (Å²) in [7, 11) is 0. The first kappa shape index (κ1) is 17.4. The van der Waals surface area contributed by atoms with Crippen molar-refractivity contribution < 1.29 is 14.3 Å². The van der Waals surface area contributed by atoms with Crippen LogP contribution in [-0.2, 0) is 4.74 Å². The Balaban J connectivity index is 1.47. The zero-order chi connectivity index (χ0) is 17.8. The number of para-hydroxylation sites is 1. The van der Waals surface area contributed by atoms with Crippen LogP contribution in [0.4, 0.5) is 0 Å². The number of ether oxygens (including phenoxy) is 2. The third-order valence-corrected chi connectivity index (χ3v) is 6.05. The smallest absolute Gasteiger partial charge is 0.252 e. The predicted octanol–water partition coefficient (Wildman–Crippen LogP) is 4.21. The van der Waals surface area contributed by atoms with Crippen molar-refractivity contribution >= 4 is 17.7 Å². The summed E-state index contributed by atoms with van der Waals surface area (Å²) in [6.45, 7) is 1.48. The van der Waals surface area contributed by atoms with Crippen molar-refractivity contribution in [3.63, 3.8) is 0 Å². The normalized spacial score (nSPS) is 21.7. The second-order valence-electron chi connectivity index (χ2n) is 6.64. The van der Waals surface area contributed by atoms with E-state index in [0.717, 1.165) is 53.4 Å². The summed E-state index contributed by atoms with van der Waals surface area (Å²) >= 11 is 1.71. The van der Waals surface area contributed by atoms with Crippen molar-refractivity contribution in [2.75, 3.05) is 19.0 Å². The highest BCUT2D eigenvalue weighted by atomic mass is 32.2. The molecule has 2 heterocycles. The Morgan fingerprint density at radius 3 is 2.81 bits per heavy atom. The summed E-state index contributed by atoms with van der Waals surface area (Å²) in [5.41, 5.74) is 1.79. The molecule has 1 fully saturated rings. The second kappa shape index (κ2) is 8.14. The molecule has 26 heavy (non-hydrogen) atoms. The van der Waals surface area contributed by atoms with Gasteiger partial charge >= 0.3 is 0 Å². The third kappa shape index (κ3) is 3.89. The lowest BCUT2D eigenvalue weighted by Gasteiger charge is -2.27. The molecule has 4 nitrogen and oxygen atoms in total. The Morgan fingerprint density at radius 2 is 1.92 bits per heavy atom. The number of carbonyl (C=O) groups is 1. The van der Waals surface area contributed by atoms with E-state index in [0.29, 0.717) is 12.7 Å². The highest BCUT2D eigenvalue weighted by Crippen LogP contribution is 2.32. The first-order chi connectivity index (χ1) is 12.8. The first-order valence-corrected chi connectivity index (χ1v) is 10.2. The number of hydrogen-bond acceptors (Lipinski definition) is 4. The summed E-state index contributed by atoms with van der Waals surface area (Å²) in [5.74, 6) is 1.73. The van der Waals surface area contributed by atoms with Crippen LogP contribution in [-0.4, -0.2) is 31.0 Å². The van der Waals surface area contributed by atoms with Crippen LogP contribution >= 0.6 is 11.8 Å². The van der Waals surface area contributed by atoms with Crippen molar-refractivity contribution in [1.82, 2.24) is 5.32 Å². The number of hydrogen-bond donors (Lipinski definition) is 1. The Bertz CT molecular complexity index is 773. The minimum atomic E-state index is -0.0258. The van der Waals surface area contributed by atoms with E-state index in [2.05, 4.69) is 5.32 Å². The maximum Gasteiger partial charge on any atom is 0.252 e. The lowest BCUT2D eigenvalue weighted by molar-refractivity contribution is 0.0921. The van der Waals surface area contributed by atoms with Gasteiger partial charge in [-0.3, -0.25) is 4.79 Å². The van der Waals surface area contributed by atoms with Gasteiger partial charge in [0.25, 0.3) is 5.91 Å². The maximum atomic E-state index is 12.9. The van der Waals surface area contributed by atoms with Gasteiger partial charge in [-0.25, -0.2) is 0 Å². The number of benzene rings is 2. The second-order valence-corrected chi connectivity index (χ2v) is 7.71. The molecule has 4 rings (SSSR count). The maximum absolute atomic E-state index is 12.9. The van der Waals surface area contributed by atoms with Crippen molar-refractivity contribution in [2.45, 2.75) is 36.3 Å². The molecule has 1 saturated heterocycles. The quantitative estimate of drug-likeness (QED) is 0.802. The standard InChI is InChI=1S/C21H23NO3S/c23-21(22-18-11-13-25-19-9-3-1-7-16(18)19)17-8-2-4-10-20(17)26-14-15-6-5-12-24-15/h1-4,7-10,15,18H,5-6,11-14H2,(H,22,23). The molecule has 0 bridgehead atoms. The van der Waals surface area contributed by atoms with E-state index >= 15 is 0 Å². The van der Waals surface area contributed by atoms with Gasteiger partial charge in [0.2, 0.25) is 0 Å². The average Bonchev–Trinajstić information content (AvgIpc) is 3.20. The highest BCUT2D eigenvalue weighted by molar-refractivity contribution is 7.99. The first-order valence-electron chi connectivity index (χ1n) is 9.17. The van der Waals surface area contributed by atoms with Crippen LogP contribution in [0.5, 0.6) is 5.75 Å². The predicted molar refractivity (Wildman–Crippen MR) is 103 cm³/mol. The van der Waals surface area contributed by atoms with E-state index in [1.807, 2.05) is 48.5 Å². The molecule has 5 heteroatoms. The van der Waals surface area contributed by atoms with Crippen LogP contribution in [0, 0.1) is 0 Å². The SMILES string of the molecule is O=C(NC1CCOc2ccccc21)c1ccccc1SCC1CCCO1. The van der Waals surface area contributed by atoms with Crippen LogP contribution in [0.1, 0.15) is 41.2 Å². The van der Waals surface area contributed by atoms with Gasteiger partial charge < -0.3 is 14.8 Å². The summed E-state index contributed by atoms with van der Waals surface area (Å²) in [6.07, 6.45) is 3.34. The van der Waals surface area contributed by atoms with Gasteiger partial charge in [-0.2, -0.15) is 0 Å². The zero-order valence-electron chi connectivity index (χ0n) is 14.6. The number of amides is 1. The molecular weight excluding hydrogens is 346 g/mol. The van der Waals surface area contributed by atoms with Crippen molar-refractivity contribution in [1.29, 1.82) is 0 Å². The van der Waals surface area contributed by atoms with Crippen molar-refractivity contribution in [3.05, 3.63) is 59.7 Å². The number of thioether (sulfide) groups is 1. The molecule has 0 aliphatic carbocycles. The summed E-state index contributed by atoms with van der Waals surface area (Å²) < 4.78 is 11.4. The fourth-order valence-electron chi connectivity index (χ4n) is 3.47. The van der Waals surface area contributed by atoms with Crippen LogP contribution in [0.25, 0.3) is 0 Å². The van der Waals surface area contributed by atoms with Crippen LogP contribution in [0.3, 0.4) is 0 Å². The van der Waals surface area contributed by atoms with Crippen molar-refractivity contribution in [3.8, 4) is 5.75 Å². The largest absolute Gasteiger partial charge is 0.493 e. The number of nitrogens with one attached hydrogen (secondary N) is 1. The van der Waals surface area contributed by atoms with Gasteiger partial charge in [0.15, 0.2) is 0 Å². The summed E-state index contributed by atoms with van der Waals surface area (Å²) in [6, 6.07) is 15.7. The molecule has 2 aromatic carbocycles. The number of carbonyl (C=O) groups excluding carboxylic acids is 1. The fourth-order valence-corrected chi connectivity index (χ4v) is 4.59. The zero-order valence-corrected chi connectivity index (χ0v) is 15.5. The van der Waals surface area contributed by atoms with Gasteiger partial charge in [-0.05, 0) is 31.0 Å². The molecule has 2 aromatic rings. The molecule has 136 valence electrons. The minimum absolute atomic E-state index is 0.0105. The molecule has 2 atom stereocenters. The van der Waals surface area contributed by atoms with Crippen LogP contribution in [0.2, 0.25) is 0 Å².